The second-order valence-electron chi connectivity index (χ2n) is 7.68. The van der Waals surface area contributed by atoms with Gasteiger partial charge in [-0.1, -0.05) is 43.0 Å². The van der Waals surface area contributed by atoms with E-state index in [0.29, 0.717) is 16.3 Å². The Balaban J connectivity index is 1.58. The summed E-state index contributed by atoms with van der Waals surface area (Å²) in [5.74, 6) is -0.700. The number of amides is 2. The summed E-state index contributed by atoms with van der Waals surface area (Å²) in [7, 11) is 1.81. The third kappa shape index (κ3) is 6.32. The summed E-state index contributed by atoms with van der Waals surface area (Å²) >= 11 is 6.35. The normalized spacial score (nSPS) is 14.2. The Kier molecular flexibility index (Phi) is 8.27. The minimum atomic E-state index is -2.99. The van der Waals surface area contributed by atoms with Crippen molar-refractivity contribution in [2.75, 3.05) is 24.2 Å². The van der Waals surface area contributed by atoms with Gasteiger partial charge in [0.1, 0.15) is 5.75 Å². The molecule has 2 amide bonds. The zero-order chi connectivity index (χ0) is 23.1. The van der Waals surface area contributed by atoms with Gasteiger partial charge in [-0.15, -0.1) is 0 Å². The predicted molar refractivity (Wildman–Crippen MR) is 121 cm³/mol. The summed E-state index contributed by atoms with van der Waals surface area (Å²) in [4.78, 5) is 26.8. The third-order valence-corrected chi connectivity index (χ3v) is 5.79. The van der Waals surface area contributed by atoms with E-state index in [-0.39, 0.29) is 29.9 Å². The lowest BCUT2D eigenvalue weighted by Crippen LogP contribution is -2.38. The molecule has 9 heteroatoms. The highest BCUT2D eigenvalue weighted by atomic mass is 35.5. The van der Waals surface area contributed by atoms with Gasteiger partial charge in [0.05, 0.1) is 22.8 Å². The fourth-order valence-electron chi connectivity index (χ4n) is 3.77. The van der Waals surface area contributed by atoms with Crippen LogP contribution in [0.15, 0.2) is 42.5 Å². The lowest BCUT2D eigenvalue weighted by atomic mass is 9.94. The SMILES string of the molecule is CN(C(=O)c1ccc(NCC(=O)Nc2ccccc2OC(F)F)cc1Cl)C1CCCCC1. The van der Waals surface area contributed by atoms with Gasteiger partial charge < -0.3 is 20.3 Å². The summed E-state index contributed by atoms with van der Waals surface area (Å²) in [5, 5.41) is 5.73. The van der Waals surface area contributed by atoms with E-state index >= 15 is 0 Å². The molecule has 6 nitrogen and oxygen atoms in total. The van der Waals surface area contributed by atoms with Gasteiger partial charge in [0, 0.05) is 18.8 Å². The molecule has 32 heavy (non-hydrogen) atoms. The van der Waals surface area contributed by atoms with Crippen molar-refractivity contribution in [3.8, 4) is 5.75 Å². The van der Waals surface area contributed by atoms with E-state index in [4.69, 9.17) is 11.6 Å². The first kappa shape index (κ1) is 23.8. The summed E-state index contributed by atoms with van der Waals surface area (Å²) in [5.41, 5.74) is 1.11. The molecule has 0 heterocycles. The molecule has 1 aliphatic rings. The number of hydrogen-bond acceptors (Lipinski definition) is 4. The third-order valence-electron chi connectivity index (χ3n) is 5.47. The maximum atomic E-state index is 12.8. The molecule has 2 aromatic rings. The van der Waals surface area contributed by atoms with Crippen molar-refractivity contribution in [3.05, 3.63) is 53.1 Å². The monoisotopic (exact) mass is 465 g/mol. The summed E-state index contributed by atoms with van der Waals surface area (Å²) in [6.45, 7) is -3.12. The number of benzene rings is 2. The Labute approximate surface area is 190 Å². The molecular weight excluding hydrogens is 440 g/mol. The Morgan fingerprint density at radius 3 is 2.56 bits per heavy atom. The van der Waals surface area contributed by atoms with Crippen LogP contribution in [0.4, 0.5) is 20.2 Å². The van der Waals surface area contributed by atoms with Crippen LogP contribution in [0.3, 0.4) is 0 Å². The molecular formula is C23H26ClF2N3O3. The molecule has 1 saturated carbocycles. The van der Waals surface area contributed by atoms with E-state index in [1.807, 2.05) is 0 Å². The fourth-order valence-corrected chi connectivity index (χ4v) is 4.03. The molecule has 0 unspecified atom stereocenters. The number of ether oxygens (including phenoxy) is 1. The lowest BCUT2D eigenvalue weighted by Gasteiger charge is -2.31. The molecule has 1 aliphatic carbocycles. The van der Waals surface area contributed by atoms with Gasteiger partial charge in [0.25, 0.3) is 5.91 Å². The molecule has 0 saturated heterocycles. The van der Waals surface area contributed by atoms with Crippen LogP contribution in [0.5, 0.6) is 5.75 Å². The molecule has 3 rings (SSSR count). The van der Waals surface area contributed by atoms with E-state index < -0.39 is 12.5 Å². The molecule has 0 bridgehead atoms. The second kappa shape index (κ2) is 11.1. The van der Waals surface area contributed by atoms with Crippen molar-refractivity contribution in [1.29, 1.82) is 0 Å². The van der Waals surface area contributed by atoms with Gasteiger partial charge >= 0.3 is 6.61 Å². The quantitative estimate of drug-likeness (QED) is 0.548. The van der Waals surface area contributed by atoms with Crippen LogP contribution in [0.2, 0.25) is 5.02 Å². The first-order valence-corrected chi connectivity index (χ1v) is 10.9. The highest BCUT2D eigenvalue weighted by Gasteiger charge is 2.24. The molecule has 2 N–H and O–H groups in total. The second-order valence-corrected chi connectivity index (χ2v) is 8.09. The summed E-state index contributed by atoms with van der Waals surface area (Å²) in [6, 6.07) is 11.1. The zero-order valence-electron chi connectivity index (χ0n) is 17.7. The van der Waals surface area contributed by atoms with Gasteiger partial charge in [-0.2, -0.15) is 8.78 Å². The molecule has 0 aliphatic heterocycles. The van der Waals surface area contributed by atoms with Gasteiger partial charge in [-0.3, -0.25) is 9.59 Å². The minimum absolute atomic E-state index is 0.121. The maximum Gasteiger partial charge on any atom is 0.387 e. The standard InChI is InChI=1S/C23H26ClF2N3O3/c1-29(16-7-3-2-4-8-16)22(31)17-12-11-15(13-18(17)24)27-14-21(30)28-19-9-5-6-10-20(19)32-23(25)26/h5-6,9-13,16,23,27H,2-4,7-8,14H2,1H3,(H,28,30). The summed E-state index contributed by atoms with van der Waals surface area (Å²) < 4.78 is 29.4. The van der Waals surface area contributed by atoms with E-state index in [2.05, 4.69) is 15.4 Å². The van der Waals surface area contributed by atoms with E-state index in [0.717, 1.165) is 25.7 Å². The molecule has 172 valence electrons. The molecule has 0 radical (unpaired) electrons. The van der Waals surface area contributed by atoms with Crippen LogP contribution in [-0.2, 0) is 4.79 Å². The largest absolute Gasteiger partial charge is 0.433 e. The van der Waals surface area contributed by atoms with Crippen molar-refractivity contribution in [1.82, 2.24) is 4.90 Å². The van der Waals surface area contributed by atoms with Crippen molar-refractivity contribution >= 4 is 34.8 Å². The summed E-state index contributed by atoms with van der Waals surface area (Å²) in [6.07, 6.45) is 5.46. The number of nitrogens with zero attached hydrogens (tertiary/aromatic N) is 1. The molecule has 1 fully saturated rings. The van der Waals surface area contributed by atoms with Crippen LogP contribution in [0.1, 0.15) is 42.5 Å². The number of rotatable bonds is 8. The Hall–Kier alpha value is -2.87. The highest BCUT2D eigenvalue weighted by Crippen LogP contribution is 2.27. The van der Waals surface area contributed by atoms with Crippen molar-refractivity contribution in [2.45, 2.75) is 44.8 Å². The minimum Gasteiger partial charge on any atom is -0.433 e. The predicted octanol–water partition coefficient (Wildman–Crippen LogP) is 5.40. The molecule has 0 aromatic heterocycles. The van der Waals surface area contributed by atoms with Crippen molar-refractivity contribution in [2.24, 2.45) is 0 Å². The van der Waals surface area contributed by atoms with Gasteiger partial charge in [0.15, 0.2) is 0 Å². The first-order valence-electron chi connectivity index (χ1n) is 10.5. The number of alkyl halides is 2. The first-order chi connectivity index (χ1) is 15.3. The molecule has 0 atom stereocenters. The van der Waals surface area contributed by atoms with Gasteiger partial charge in [-0.25, -0.2) is 0 Å². The van der Waals surface area contributed by atoms with E-state index in [1.54, 1.807) is 36.2 Å². The van der Waals surface area contributed by atoms with Gasteiger partial charge in [0.2, 0.25) is 5.91 Å². The number of nitrogens with one attached hydrogen (secondary N) is 2. The van der Waals surface area contributed by atoms with Crippen LogP contribution in [0.25, 0.3) is 0 Å². The maximum absolute atomic E-state index is 12.8. The van der Waals surface area contributed by atoms with E-state index in [1.165, 1.54) is 24.6 Å². The van der Waals surface area contributed by atoms with E-state index in [9.17, 15) is 18.4 Å². The topological polar surface area (TPSA) is 70.7 Å². The number of carbonyl (C=O) groups excluding carboxylic acids is 2. The smallest absolute Gasteiger partial charge is 0.387 e. The van der Waals surface area contributed by atoms with Crippen LogP contribution >= 0.6 is 11.6 Å². The van der Waals surface area contributed by atoms with Crippen LogP contribution in [0, 0.1) is 0 Å². The van der Waals surface area contributed by atoms with Crippen LogP contribution < -0.4 is 15.4 Å². The Morgan fingerprint density at radius 2 is 1.88 bits per heavy atom. The average Bonchev–Trinajstić information content (AvgIpc) is 2.78. The highest BCUT2D eigenvalue weighted by molar-refractivity contribution is 6.34. The molecule has 0 spiro atoms. The number of halogens is 3. The Bertz CT molecular complexity index is 952. The number of anilines is 2. The van der Waals surface area contributed by atoms with Crippen molar-refractivity contribution < 1.29 is 23.1 Å². The number of carbonyl (C=O) groups is 2. The Morgan fingerprint density at radius 1 is 1.16 bits per heavy atom. The van der Waals surface area contributed by atoms with Crippen molar-refractivity contribution in [3.63, 3.8) is 0 Å². The van der Waals surface area contributed by atoms with Gasteiger partial charge in [-0.05, 0) is 43.2 Å². The molecule has 2 aromatic carbocycles. The van der Waals surface area contributed by atoms with Crippen LogP contribution in [-0.4, -0.2) is 43.0 Å². The average molecular weight is 466 g/mol. The zero-order valence-corrected chi connectivity index (χ0v) is 18.5. The number of para-hydroxylation sites is 2. The number of hydrogen-bond donors (Lipinski definition) is 2. The lowest BCUT2D eigenvalue weighted by molar-refractivity contribution is -0.114. The fraction of sp³-hybridized carbons (Fsp3) is 0.391.